The number of rotatable bonds is 6. The van der Waals surface area contributed by atoms with E-state index in [-0.39, 0.29) is 17.3 Å². The van der Waals surface area contributed by atoms with Gasteiger partial charge in [-0.2, -0.15) is 4.98 Å². The average Bonchev–Trinajstić information content (AvgIpc) is 3.28. The molecule has 1 aromatic carbocycles. The molecular formula is C29H31FN6O3. The number of carbonyl (C=O) groups is 1. The average molecular weight is 531 g/mol. The van der Waals surface area contributed by atoms with Crippen LogP contribution >= 0.6 is 0 Å². The van der Waals surface area contributed by atoms with E-state index in [0.29, 0.717) is 29.9 Å². The lowest BCUT2D eigenvalue weighted by Crippen LogP contribution is -2.32. The number of hydrogen-bond donors (Lipinski definition) is 1. The fourth-order valence-corrected chi connectivity index (χ4v) is 5.40. The first-order chi connectivity index (χ1) is 18.7. The summed E-state index contributed by atoms with van der Waals surface area (Å²) in [5.74, 6) is -0.455. The number of halogens is 1. The van der Waals surface area contributed by atoms with Crippen molar-refractivity contribution < 1.29 is 13.9 Å². The quantitative estimate of drug-likeness (QED) is 0.373. The summed E-state index contributed by atoms with van der Waals surface area (Å²) in [7, 11) is 4.98. The van der Waals surface area contributed by atoms with Crippen LogP contribution in [0.4, 0.5) is 10.2 Å². The van der Waals surface area contributed by atoms with E-state index in [9.17, 15) is 9.59 Å². The molecular weight excluding hydrogens is 499 g/mol. The van der Waals surface area contributed by atoms with Crippen LogP contribution in [0.2, 0.25) is 0 Å². The van der Waals surface area contributed by atoms with Gasteiger partial charge in [0, 0.05) is 62.3 Å². The van der Waals surface area contributed by atoms with Crippen molar-refractivity contribution >= 4 is 28.4 Å². The smallest absolute Gasteiger partial charge is 0.354 e. The zero-order valence-electron chi connectivity index (χ0n) is 22.7. The standard InChI is InChI=1S/C29H31FN6O3/c1-17-14-20(28(37)39-5)15-22(30)26(17)19-7-11-35(12-8-19)18(2)24-16-21-23(6-10-32-27(21)34(24)4)36-13-9-25(31-3)33-29(36)38/h6-7,9-10,13-16,18H,8,11-12H2,1-5H3,(H,31,33,38)/t18-/m0/s1. The summed E-state index contributed by atoms with van der Waals surface area (Å²) in [5.41, 5.74) is 4.58. The molecule has 1 aliphatic heterocycles. The summed E-state index contributed by atoms with van der Waals surface area (Å²) >= 11 is 0. The molecule has 1 aliphatic rings. The minimum absolute atomic E-state index is 0.0454. The molecule has 0 amide bonds. The van der Waals surface area contributed by atoms with Gasteiger partial charge in [0.1, 0.15) is 17.3 Å². The Kier molecular flexibility index (Phi) is 7.05. The van der Waals surface area contributed by atoms with Crippen LogP contribution in [0.5, 0.6) is 0 Å². The topological polar surface area (TPSA) is 94.3 Å². The van der Waals surface area contributed by atoms with Crippen molar-refractivity contribution in [1.29, 1.82) is 0 Å². The van der Waals surface area contributed by atoms with Gasteiger partial charge in [0.2, 0.25) is 0 Å². The van der Waals surface area contributed by atoms with Crippen molar-refractivity contribution in [1.82, 2.24) is 24.0 Å². The molecule has 202 valence electrons. The predicted octanol–water partition coefficient (Wildman–Crippen LogP) is 4.25. The highest BCUT2D eigenvalue weighted by molar-refractivity contribution is 5.90. The van der Waals surface area contributed by atoms with E-state index in [1.807, 2.05) is 20.0 Å². The number of benzene rings is 1. The summed E-state index contributed by atoms with van der Waals surface area (Å²) in [4.78, 5) is 35.5. The van der Waals surface area contributed by atoms with Crippen LogP contribution < -0.4 is 11.0 Å². The van der Waals surface area contributed by atoms with Gasteiger partial charge in [0.05, 0.1) is 18.4 Å². The number of hydrogen-bond acceptors (Lipinski definition) is 7. The van der Waals surface area contributed by atoms with Gasteiger partial charge in [-0.05, 0) is 61.7 Å². The molecule has 10 heteroatoms. The maximum atomic E-state index is 15.0. The van der Waals surface area contributed by atoms with E-state index in [0.717, 1.165) is 34.5 Å². The minimum Gasteiger partial charge on any atom is -0.465 e. The van der Waals surface area contributed by atoms with Crippen LogP contribution in [0.1, 0.15) is 46.6 Å². The Labute approximate surface area is 225 Å². The maximum absolute atomic E-state index is 15.0. The van der Waals surface area contributed by atoms with Crippen molar-refractivity contribution in [2.75, 3.05) is 32.6 Å². The molecule has 9 nitrogen and oxygen atoms in total. The molecule has 0 saturated carbocycles. The Morgan fingerprint density at radius 1 is 1.23 bits per heavy atom. The highest BCUT2D eigenvalue weighted by Crippen LogP contribution is 2.34. The molecule has 0 aliphatic carbocycles. The number of pyridine rings is 1. The molecule has 4 heterocycles. The lowest BCUT2D eigenvalue weighted by atomic mass is 9.93. The summed E-state index contributed by atoms with van der Waals surface area (Å²) in [6.45, 7) is 5.33. The molecule has 0 saturated heterocycles. The Morgan fingerprint density at radius 3 is 2.67 bits per heavy atom. The molecule has 0 radical (unpaired) electrons. The van der Waals surface area contributed by atoms with E-state index in [1.165, 1.54) is 17.7 Å². The third-order valence-corrected chi connectivity index (χ3v) is 7.51. The highest BCUT2D eigenvalue weighted by Gasteiger charge is 2.25. The van der Waals surface area contributed by atoms with Gasteiger partial charge in [0.25, 0.3) is 0 Å². The molecule has 1 atom stereocenters. The van der Waals surface area contributed by atoms with E-state index in [1.54, 1.807) is 31.6 Å². The Hall–Kier alpha value is -4.31. The number of anilines is 1. The fraction of sp³-hybridized carbons (Fsp3) is 0.310. The number of methoxy groups -OCH3 is 1. The van der Waals surface area contributed by atoms with E-state index in [2.05, 4.69) is 43.8 Å². The summed E-state index contributed by atoms with van der Waals surface area (Å²) in [6, 6.07) is 8.62. The number of aromatic nitrogens is 4. The third-order valence-electron chi connectivity index (χ3n) is 7.51. The van der Waals surface area contributed by atoms with Crippen LogP contribution in [-0.4, -0.2) is 57.2 Å². The summed E-state index contributed by atoms with van der Waals surface area (Å²) in [6.07, 6.45) is 6.14. The van der Waals surface area contributed by atoms with Crippen molar-refractivity contribution in [3.05, 3.63) is 87.5 Å². The second-order valence-electron chi connectivity index (χ2n) is 9.70. The number of nitrogens with zero attached hydrogens (tertiary/aromatic N) is 5. The second kappa shape index (κ2) is 10.5. The Balaban J connectivity index is 1.43. The van der Waals surface area contributed by atoms with E-state index < -0.39 is 11.8 Å². The number of esters is 1. The van der Waals surface area contributed by atoms with Gasteiger partial charge in [-0.3, -0.25) is 9.47 Å². The molecule has 0 bridgehead atoms. The molecule has 3 aromatic heterocycles. The van der Waals surface area contributed by atoms with Crippen molar-refractivity contribution in [2.45, 2.75) is 26.3 Å². The van der Waals surface area contributed by atoms with Crippen molar-refractivity contribution in [3.63, 3.8) is 0 Å². The van der Waals surface area contributed by atoms with Crippen LogP contribution in [0.15, 0.2) is 53.6 Å². The molecule has 5 rings (SSSR count). The summed E-state index contributed by atoms with van der Waals surface area (Å²) in [5, 5.41) is 3.75. The lowest BCUT2D eigenvalue weighted by molar-refractivity contribution is 0.0600. The Bertz CT molecular complexity index is 1650. The number of aryl methyl sites for hydroxylation is 2. The second-order valence-corrected chi connectivity index (χ2v) is 9.70. The Morgan fingerprint density at radius 2 is 2.03 bits per heavy atom. The van der Waals surface area contributed by atoms with Crippen LogP contribution in [0, 0.1) is 12.7 Å². The first-order valence-corrected chi connectivity index (χ1v) is 12.8. The summed E-state index contributed by atoms with van der Waals surface area (Å²) < 4.78 is 23.3. The molecule has 39 heavy (non-hydrogen) atoms. The molecule has 0 spiro atoms. The number of carbonyl (C=O) groups excluding carboxylic acids is 1. The van der Waals surface area contributed by atoms with Gasteiger partial charge in [0.15, 0.2) is 0 Å². The monoisotopic (exact) mass is 530 g/mol. The minimum atomic E-state index is -0.551. The van der Waals surface area contributed by atoms with Gasteiger partial charge in [-0.15, -0.1) is 0 Å². The van der Waals surface area contributed by atoms with Gasteiger partial charge in [-0.25, -0.2) is 19.0 Å². The van der Waals surface area contributed by atoms with Crippen molar-refractivity contribution in [3.8, 4) is 5.69 Å². The molecule has 1 N–H and O–H groups in total. The van der Waals surface area contributed by atoms with Gasteiger partial charge >= 0.3 is 11.7 Å². The fourth-order valence-electron chi connectivity index (χ4n) is 5.40. The number of fused-ring (bicyclic) bond motifs is 1. The van der Waals surface area contributed by atoms with E-state index >= 15 is 4.39 Å². The number of ether oxygens (including phenoxy) is 1. The molecule has 0 unspecified atom stereocenters. The van der Waals surface area contributed by atoms with Crippen molar-refractivity contribution in [2.24, 2.45) is 7.05 Å². The normalized spacial score (nSPS) is 14.8. The zero-order chi connectivity index (χ0) is 27.8. The molecule has 0 fully saturated rings. The zero-order valence-corrected chi connectivity index (χ0v) is 22.7. The first kappa shape index (κ1) is 26.3. The first-order valence-electron chi connectivity index (χ1n) is 12.8. The number of nitrogens with one attached hydrogen (secondary N) is 1. The molecule has 4 aromatic rings. The van der Waals surface area contributed by atoms with E-state index in [4.69, 9.17) is 4.74 Å². The SMILES string of the molecule is CNc1ccn(-c2ccnc3c2cc([C@H](C)N2CC=C(c4c(C)cc(C(=O)OC)cc4F)CC2)n3C)c(=O)n1. The lowest BCUT2D eigenvalue weighted by Gasteiger charge is -2.32. The van der Waals surface area contributed by atoms with Gasteiger partial charge < -0.3 is 14.6 Å². The van der Waals surface area contributed by atoms with Crippen LogP contribution in [-0.2, 0) is 11.8 Å². The van der Waals surface area contributed by atoms with Crippen LogP contribution in [0.3, 0.4) is 0 Å². The largest absolute Gasteiger partial charge is 0.465 e. The third kappa shape index (κ3) is 4.72. The highest BCUT2D eigenvalue weighted by atomic mass is 19.1. The predicted molar refractivity (Wildman–Crippen MR) is 149 cm³/mol. The maximum Gasteiger partial charge on any atom is 0.354 e. The van der Waals surface area contributed by atoms with Crippen LogP contribution in [0.25, 0.3) is 22.3 Å². The van der Waals surface area contributed by atoms with Gasteiger partial charge in [-0.1, -0.05) is 6.08 Å².